The molecule has 17 heavy (non-hydrogen) atoms. The second kappa shape index (κ2) is 4.37. The van der Waals surface area contributed by atoms with Crippen LogP contribution < -0.4 is 5.32 Å². The van der Waals surface area contributed by atoms with Gasteiger partial charge >= 0.3 is 5.97 Å². The van der Waals surface area contributed by atoms with Crippen molar-refractivity contribution in [3.05, 3.63) is 30.0 Å². The molecule has 5 nitrogen and oxygen atoms in total. The monoisotopic (exact) mass is 231 g/mol. The molecule has 88 valence electrons. The second-order valence-corrected chi connectivity index (χ2v) is 3.88. The highest BCUT2D eigenvalue weighted by atomic mass is 16.4. The van der Waals surface area contributed by atoms with Crippen molar-refractivity contribution in [2.45, 2.75) is 19.9 Å². The van der Waals surface area contributed by atoms with Crippen molar-refractivity contribution in [2.75, 3.05) is 5.32 Å². The number of aromatic nitrogens is 2. The van der Waals surface area contributed by atoms with Gasteiger partial charge in [-0.25, -0.2) is 0 Å². The Bertz CT molecular complexity index is 569. The Labute approximate surface area is 98.5 Å². The topological polar surface area (TPSA) is 75.1 Å². The second-order valence-electron chi connectivity index (χ2n) is 3.88. The number of nitrogens with one attached hydrogen (secondary N) is 1. The predicted molar refractivity (Wildman–Crippen MR) is 65.0 cm³/mol. The van der Waals surface area contributed by atoms with Crippen LogP contribution in [-0.2, 0) is 4.79 Å². The summed E-state index contributed by atoms with van der Waals surface area (Å²) in [6, 6.07) is 6.95. The fourth-order valence-corrected chi connectivity index (χ4v) is 1.61. The van der Waals surface area contributed by atoms with Crippen molar-refractivity contribution in [3.63, 3.8) is 0 Å². The van der Waals surface area contributed by atoms with E-state index in [1.807, 2.05) is 31.2 Å². The molecule has 5 heteroatoms. The van der Waals surface area contributed by atoms with Crippen LogP contribution in [0.4, 0.5) is 5.82 Å². The van der Waals surface area contributed by atoms with Gasteiger partial charge in [0.05, 0.1) is 5.69 Å². The Hall–Kier alpha value is -2.17. The largest absolute Gasteiger partial charge is 0.480 e. The van der Waals surface area contributed by atoms with Crippen molar-refractivity contribution < 1.29 is 9.90 Å². The number of aryl methyl sites for hydroxylation is 1. The van der Waals surface area contributed by atoms with Crippen molar-refractivity contribution in [2.24, 2.45) is 0 Å². The summed E-state index contributed by atoms with van der Waals surface area (Å²) in [5.74, 6) is -0.419. The molecule has 0 aliphatic rings. The van der Waals surface area contributed by atoms with Crippen LogP contribution in [0.3, 0.4) is 0 Å². The van der Waals surface area contributed by atoms with Gasteiger partial charge in [0.2, 0.25) is 0 Å². The van der Waals surface area contributed by atoms with Crippen LogP contribution in [0.2, 0.25) is 0 Å². The minimum atomic E-state index is -0.920. The van der Waals surface area contributed by atoms with Gasteiger partial charge in [0.25, 0.3) is 0 Å². The van der Waals surface area contributed by atoms with Crippen molar-refractivity contribution in [1.82, 2.24) is 10.2 Å². The SMILES string of the molecule is Cc1nnc(NC(C)C(=O)O)c2ccccc12. The lowest BCUT2D eigenvalue weighted by Gasteiger charge is -2.12. The number of fused-ring (bicyclic) bond motifs is 1. The third-order valence-corrected chi connectivity index (χ3v) is 2.60. The average molecular weight is 231 g/mol. The smallest absolute Gasteiger partial charge is 0.325 e. The van der Waals surface area contributed by atoms with Gasteiger partial charge in [-0.05, 0) is 13.8 Å². The zero-order chi connectivity index (χ0) is 12.4. The van der Waals surface area contributed by atoms with Gasteiger partial charge in [-0.2, -0.15) is 5.10 Å². The van der Waals surface area contributed by atoms with E-state index in [0.29, 0.717) is 5.82 Å². The lowest BCUT2D eigenvalue weighted by Crippen LogP contribution is -2.26. The molecule has 1 unspecified atom stereocenters. The maximum atomic E-state index is 10.8. The Morgan fingerprint density at radius 2 is 1.94 bits per heavy atom. The van der Waals surface area contributed by atoms with Gasteiger partial charge < -0.3 is 10.4 Å². The highest BCUT2D eigenvalue weighted by Gasteiger charge is 2.13. The van der Waals surface area contributed by atoms with E-state index in [2.05, 4.69) is 15.5 Å². The van der Waals surface area contributed by atoms with Crippen LogP contribution in [0.5, 0.6) is 0 Å². The van der Waals surface area contributed by atoms with Gasteiger partial charge in [-0.15, -0.1) is 5.10 Å². The molecule has 0 bridgehead atoms. The minimum absolute atomic E-state index is 0.501. The fourth-order valence-electron chi connectivity index (χ4n) is 1.61. The first-order chi connectivity index (χ1) is 8.09. The third kappa shape index (κ3) is 2.18. The summed E-state index contributed by atoms with van der Waals surface area (Å²) in [6.45, 7) is 3.44. The Morgan fingerprint density at radius 1 is 1.29 bits per heavy atom. The quantitative estimate of drug-likeness (QED) is 0.842. The number of carboxylic acid groups (broad SMARTS) is 1. The summed E-state index contributed by atoms with van der Waals surface area (Å²) in [4.78, 5) is 10.8. The number of nitrogens with zero attached hydrogens (tertiary/aromatic N) is 2. The number of hydrogen-bond donors (Lipinski definition) is 2. The number of benzene rings is 1. The molecule has 0 radical (unpaired) electrons. The Kier molecular flexibility index (Phi) is 2.91. The van der Waals surface area contributed by atoms with Gasteiger partial charge in [0.1, 0.15) is 6.04 Å². The van der Waals surface area contributed by atoms with Crippen LogP contribution >= 0.6 is 0 Å². The predicted octanol–water partition coefficient (Wildman–Crippen LogP) is 1.82. The minimum Gasteiger partial charge on any atom is -0.480 e. The highest BCUT2D eigenvalue weighted by Crippen LogP contribution is 2.22. The maximum absolute atomic E-state index is 10.8. The van der Waals surface area contributed by atoms with Crippen molar-refractivity contribution in [1.29, 1.82) is 0 Å². The molecule has 0 spiro atoms. The molecule has 2 N–H and O–H groups in total. The standard InChI is InChI=1S/C12H13N3O2/c1-7-9-5-3-4-6-10(9)11(15-14-7)13-8(2)12(16)17/h3-6,8H,1-2H3,(H,13,15)(H,16,17). The summed E-state index contributed by atoms with van der Waals surface area (Å²) in [5, 5.41) is 21.6. The molecule has 2 rings (SSSR count). The van der Waals surface area contributed by atoms with Crippen LogP contribution in [0.1, 0.15) is 12.6 Å². The fraction of sp³-hybridized carbons (Fsp3) is 0.250. The molecule has 1 aromatic heterocycles. The number of hydrogen-bond acceptors (Lipinski definition) is 4. The van der Waals surface area contributed by atoms with E-state index in [0.717, 1.165) is 16.5 Å². The van der Waals surface area contributed by atoms with Crippen LogP contribution in [0, 0.1) is 6.92 Å². The van der Waals surface area contributed by atoms with Gasteiger partial charge in [-0.1, -0.05) is 24.3 Å². The molecule has 0 saturated carbocycles. The Morgan fingerprint density at radius 3 is 2.59 bits per heavy atom. The third-order valence-electron chi connectivity index (χ3n) is 2.60. The van der Waals surface area contributed by atoms with Crippen molar-refractivity contribution in [3.8, 4) is 0 Å². The van der Waals surface area contributed by atoms with Crippen LogP contribution in [0.25, 0.3) is 10.8 Å². The lowest BCUT2D eigenvalue weighted by molar-refractivity contribution is -0.137. The molecule has 1 aromatic carbocycles. The summed E-state index contributed by atoms with van der Waals surface area (Å²) in [6.07, 6.45) is 0. The zero-order valence-electron chi connectivity index (χ0n) is 9.64. The first-order valence-electron chi connectivity index (χ1n) is 5.31. The summed E-state index contributed by atoms with van der Waals surface area (Å²) < 4.78 is 0. The average Bonchev–Trinajstić information content (AvgIpc) is 2.33. The molecule has 0 fully saturated rings. The van der Waals surface area contributed by atoms with Crippen molar-refractivity contribution >= 4 is 22.6 Å². The highest BCUT2D eigenvalue weighted by molar-refractivity contribution is 5.94. The first-order valence-corrected chi connectivity index (χ1v) is 5.31. The van der Waals surface area contributed by atoms with E-state index in [4.69, 9.17) is 5.11 Å². The summed E-state index contributed by atoms with van der Waals surface area (Å²) in [7, 11) is 0. The molecular weight excluding hydrogens is 218 g/mol. The van der Waals surface area contributed by atoms with Gasteiger partial charge in [0.15, 0.2) is 5.82 Å². The van der Waals surface area contributed by atoms with E-state index in [1.54, 1.807) is 6.92 Å². The zero-order valence-corrected chi connectivity index (χ0v) is 9.64. The van der Waals surface area contributed by atoms with E-state index >= 15 is 0 Å². The van der Waals surface area contributed by atoms with Gasteiger partial charge in [-0.3, -0.25) is 4.79 Å². The molecular formula is C12H13N3O2. The number of aliphatic carboxylic acids is 1. The van der Waals surface area contributed by atoms with Gasteiger partial charge in [0, 0.05) is 10.8 Å². The number of carboxylic acids is 1. The number of anilines is 1. The van der Waals surface area contributed by atoms with E-state index in [-0.39, 0.29) is 0 Å². The van der Waals surface area contributed by atoms with Crippen LogP contribution in [0.15, 0.2) is 24.3 Å². The summed E-state index contributed by atoms with van der Waals surface area (Å²) >= 11 is 0. The summed E-state index contributed by atoms with van der Waals surface area (Å²) in [5.41, 5.74) is 0.828. The molecule has 0 aliphatic heterocycles. The first kappa shape index (κ1) is 11.3. The molecule has 0 saturated heterocycles. The Balaban J connectivity index is 2.48. The maximum Gasteiger partial charge on any atom is 0.325 e. The van der Waals surface area contributed by atoms with Crippen LogP contribution in [-0.4, -0.2) is 27.3 Å². The van der Waals surface area contributed by atoms with E-state index < -0.39 is 12.0 Å². The molecule has 0 aliphatic carbocycles. The lowest BCUT2D eigenvalue weighted by atomic mass is 10.1. The number of carbonyl (C=O) groups is 1. The van der Waals surface area contributed by atoms with E-state index in [1.165, 1.54) is 0 Å². The molecule has 1 atom stereocenters. The van der Waals surface area contributed by atoms with E-state index in [9.17, 15) is 4.79 Å². The normalized spacial score (nSPS) is 12.4. The molecule has 0 amide bonds. The molecule has 1 heterocycles. The number of rotatable bonds is 3. The molecule has 2 aromatic rings.